The third-order valence-electron chi connectivity index (χ3n) is 4.32. The van der Waals surface area contributed by atoms with Gasteiger partial charge in [0, 0.05) is 28.2 Å². The molecule has 0 unspecified atom stereocenters. The van der Waals surface area contributed by atoms with Crippen LogP contribution in [0, 0.1) is 0 Å². The van der Waals surface area contributed by atoms with E-state index < -0.39 is 0 Å². The molecule has 1 heterocycles. The van der Waals surface area contributed by atoms with Gasteiger partial charge in [0.15, 0.2) is 0 Å². The first-order chi connectivity index (χ1) is 13.6. The minimum Gasteiger partial charge on any atom is -0.349 e. The Hall–Kier alpha value is -2.70. The van der Waals surface area contributed by atoms with Gasteiger partial charge in [-0.2, -0.15) is 0 Å². The highest BCUT2D eigenvalue weighted by Crippen LogP contribution is 2.30. The molecule has 0 spiro atoms. The largest absolute Gasteiger partial charge is 0.349 e. The summed E-state index contributed by atoms with van der Waals surface area (Å²) >= 11 is 7.67. The van der Waals surface area contributed by atoms with Crippen LogP contribution in [-0.2, 0) is 11.2 Å². The lowest BCUT2D eigenvalue weighted by atomic mass is 10.2. The fraction of sp³-hybridized carbons (Fsp3) is 0.190. The lowest BCUT2D eigenvalue weighted by Gasteiger charge is -2.07. The minimum absolute atomic E-state index is 0.109. The second-order valence-corrected chi connectivity index (χ2v) is 7.94. The van der Waals surface area contributed by atoms with Crippen LogP contribution in [0.1, 0.15) is 28.9 Å². The van der Waals surface area contributed by atoms with Crippen molar-refractivity contribution in [2.24, 2.45) is 0 Å². The van der Waals surface area contributed by atoms with Gasteiger partial charge in [0.25, 0.3) is 5.91 Å². The van der Waals surface area contributed by atoms with E-state index in [0.717, 1.165) is 23.4 Å². The second kappa shape index (κ2) is 8.12. The van der Waals surface area contributed by atoms with Crippen LogP contribution in [-0.4, -0.2) is 22.8 Å². The minimum atomic E-state index is -0.184. The molecule has 1 aliphatic carbocycles. The van der Waals surface area contributed by atoms with Gasteiger partial charge in [-0.3, -0.25) is 9.59 Å². The lowest BCUT2D eigenvalue weighted by molar-refractivity contribution is -0.115. The molecule has 0 atom stereocenters. The summed E-state index contributed by atoms with van der Waals surface area (Å²) in [6, 6.07) is 14.7. The van der Waals surface area contributed by atoms with Gasteiger partial charge in [-0.05, 0) is 37.1 Å². The zero-order valence-corrected chi connectivity index (χ0v) is 16.5. The Morgan fingerprint density at radius 2 is 1.96 bits per heavy atom. The maximum absolute atomic E-state index is 12.4. The second-order valence-electron chi connectivity index (χ2n) is 6.68. The maximum atomic E-state index is 12.4. The fourth-order valence-corrected chi connectivity index (χ4v) is 3.89. The van der Waals surface area contributed by atoms with E-state index in [4.69, 9.17) is 11.6 Å². The molecule has 28 heavy (non-hydrogen) atoms. The van der Waals surface area contributed by atoms with Gasteiger partial charge in [-0.15, -0.1) is 11.3 Å². The summed E-state index contributed by atoms with van der Waals surface area (Å²) < 4.78 is 0. The summed E-state index contributed by atoms with van der Waals surface area (Å²) in [5.41, 5.74) is 2.67. The van der Waals surface area contributed by atoms with Gasteiger partial charge in [0.2, 0.25) is 5.91 Å². The lowest BCUT2D eigenvalue weighted by Crippen LogP contribution is -2.25. The van der Waals surface area contributed by atoms with Crippen molar-refractivity contribution < 1.29 is 9.59 Å². The van der Waals surface area contributed by atoms with Crippen LogP contribution >= 0.6 is 22.9 Å². The number of amides is 2. The molecule has 2 amide bonds. The molecular weight excluding hydrogens is 394 g/mol. The number of benzene rings is 2. The Balaban J connectivity index is 1.39. The predicted octanol–water partition coefficient (Wildman–Crippen LogP) is 4.54. The number of rotatable bonds is 6. The van der Waals surface area contributed by atoms with Gasteiger partial charge < -0.3 is 10.6 Å². The smallest absolute Gasteiger partial charge is 0.251 e. The normalized spacial score (nSPS) is 13.2. The van der Waals surface area contributed by atoms with Crippen molar-refractivity contribution in [1.29, 1.82) is 0 Å². The van der Waals surface area contributed by atoms with Crippen LogP contribution in [0.2, 0.25) is 5.02 Å². The van der Waals surface area contributed by atoms with E-state index in [1.165, 1.54) is 11.3 Å². The first-order valence-electron chi connectivity index (χ1n) is 8.98. The fourth-order valence-electron chi connectivity index (χ4n) is 2.75. The topological polar surface area (TPSA) is 71.1 Å². The van der Waals surface area contributed by atoms with Crippen LogP contribution in [0.3, 0.4) is 0 Å². The van der Waals surface area contributed by atoms with Gasteiger partial charge in [0.05, 0.1) is 17.1 Å². The Labute approximate surface area is 171 Å². The maximum Gasteiger partial charge on any atom is 0.251 e. The van der Waals surface area contributed by atoms with E-state index in [0.29, 0.717) is 28.0 Å². The van der Waals surface area contributed by atoms with Crippen molar-refractivity contribution in [1.82, 2.24) is 10.3 Å². The quantitative estimate of drug-likeness (QED) is 0.625. The van der Waals surface area contributed by atoms with E-state index in [1.807, 2.05) is 29.6 Å². The first kappa shape index (κ1) is 18.7. The van der Waals surface area contributed by atoms with Crippen LogP contribution in [0.25, 0.3) is 10.6 Å². The average Bonchev–Trinajstić information content (AvgIpc) is 3.38. The van der Waals surface area contributed by atoms with Crippen molar-refractivity contribution in [2.45, 2.75) is 25.3 Å². The summed E-state index contributed by atoms with van der Waals surface area (Å²) in [5.74, 6) is -0.293. The SMILES string of the molecule is O=C(Cc1csc(-c2ccccc2Cl)n1)Nc1cccc(C(=O)NC2CC2)c1. The third kappa shape index (κ3) is 4.58. The Morgan fingerprint density at radius 3 is 2.75 bits per heavy atom. The molecule has 142 valence electrons. The van der Waals surface area contributed by atoms with Crippen molar-refractivity contribution >= 4 is 40.4 Å². The number of thiazole rings is 1. The molecular formula is C21H18ClN3O2S. The van der Waals surface area contributed by atoms with Gasteiger partial charge in [-0.1, -0.05) is 35.9 Å². The van der Waals surface area contributed by atoms with E-state index in [2.05, 4.69) is 15.6 Å². The number of hydrogen-bond acceptors (Lipinski definition) is 4. The molecule has 1 aliphatic rings. The van der Waals surface area contributed by atoms with Crippen molar-refractivity contribution in [3.63, 3.8) is 0 Å². The number of hydrogen-bond donors (Lipinski definition) is 2. The number of carbonyl (C=O) groups excluding carboxylic acids is 2. The Morgan fingerprint density at radius 1 is 1.14 bits per heavy atom. The zero-order valence-electron chi connectivity index (χ0n) is 14.9. The molecule has 1 aromatic heterocycles. The molecule has 0 saturated heterocycles. The number of aromatic nitrogens is 1. The van der Waals surface area contributed by atoms with Gasteiger partial charge in [-0.25, -0.2) is 4.98 Å². The Kier molecular flexibility index (Phi) is 5.41. The van der Waals surface area contributed by atoms with E-state index in [9.17, 15) is 9.59 Å². The number of nitrogens with zero attached hydrogens (tertiary/aromatic N) is 1. The molecule has 0 radical (unpaired) electrons. The molecule has 0 bridgehead atoms. The van der Waals surface area contributed by atoms with Gasteiger partial charge >= 0.3 is 0 Å². The average molecular weight is 412 g/mol. The monoisotopic (exact) mass is 411 g/mol. The van der Waals surface area contributed by atoms with Crippen LogP contribution < -0.4 is 10.6 Å². The highest BCUT2D eigenvalue weighted by Gasteiger charge is 2.23. The molecule has 2 N–H and O–H groups in total. The van der Waals surface area contributed by atoms with Crippen molar-refractivity contribution in [3.05, 3.63) is 70.2 Å². The van der Waals surface area contributed by atoms with Crippen LogP contribution in [0.4, 0.5) is 5.69 Å². The van der Waals surface area contributed by atoms with Gasteiger partial charge in [0.1, 0.15) is 5.01 Å². The highest BCUT2D eigenvalue weighted by atomic mass is 35.5. The number of nitrogens with one attached hydrogen (secondary N) is 2. The molecule has 0 aliphatic heterocycles. The summed E-state index contributed by atoms with van der Waals surface area (Å²) in [4.78, 5) is 29.1. The van der Waals surface area contributed by atoms with E-state index in [-0.39, 0.29) is 18.2 Å². The molecule has 5 nitrogen and oxygen atoms in total. The third-order valence-corrected chi connectivity index (χ3v) is 5.57. The first-order valence-corrected chi connectivity index (χ1v) is 10.2. The van der Waals surface area contributed by atoms with E-state index in [1.54, 1.807) is 24.3 Å². The van der Waals surface area contributed by atoms with Crippen molar-refractivity contribution in [2.75, 3.05) is 5.32 Å². The standard InChI is InChI=1S/C21H18ClN3O2S/c22-18-7-2-1-6-17(18)21-25-16(12-28-21)11-19(26)23-15-5-3-4-13(10-15)20(27)24-14-8-9-14/h1-7,10,12,14H,8-9,11H2,(H,23,26)(H,24,27). The Bertz CT molecular complexity index is 1030. The molecule has 2 aromatic carbocycles. The van der Waals surface area contributed by atoms with E-state index >= 15 is 0 Å². The predicted molar refractivity (Wildman–Crippen MR) is 112 cm³/mol. The molecule has 1 saturated carbocycles. The number of anilines is 1. The summed E-state index contributed by atoms with van der Waals surface area (Å²) in [6.45, 7) is 0. The van der Waals surface area contributed by atoms with Crippen molar-refractivity contribution in [3.8, 4) is 10.6 Å². The summed E-state index contributed by atoms with van der Waals surface area (Å²) in [6.07, 6.45) is 2.22. The number of carbonyl (C=O) groups is 2. The summed E-state index contributed by atoms with van der Waals surface area (Å²) in [5, 5.41) is 9.05. The zero-order chi connectivity index (χ0) is 19.5. The highest BCUT2D eigenvalue weighted by molar-refractivity contribution is 7.13. The molecule has 3 aromatic rings. The molecule has 1 fully saturated rings. The molecule has 7 heteroatoms. The van der Waals surface area contributed by atoms with Crippen LogP contribution in [0.5, 0.6) is 0 Å². The molecule has 4 rings (SSSR count). The number of halogens is 1. The summed E-state index contributed by atoms with van der Waals surface area (Å²) in [7, 11) is 0. The van der Waals surface area contributed by atoms with Crippen LogP contribution in [0.15, 0.2) is 53.9 Å².